The molecule has 0 atom stereocenters. The molecule has 1 N–H and O–H groups in total. The third kappa shape index (κ3) is 7.30. The lowest BCUT2D eigenvalue weighted by Crippen LogP contribution is -2.29. The number of halogens is 4. The van der Waals surface area contributed by atoms with Crippen LogP contribution in [-0.4, -0.2) is 25.6 Å². The Morgan fingerprint density at radius 3 is 2.33 bits per heavy atom. The van der Waals surface area contributed by atoms with Gasteiger partial charge in [-0.05, 0) is 78.9 Å². The third-order valence-electron chi connectivity index (χ3n) is 8.98. The molecular weight excluding hydrogens is 679 g/mol. The first-order valence-electron chi connectivity index (χ1n) is 16.3. The number of benzene rings is 3. The zero-order valence-corrected chi connectivity index (χ0v) is 29.7. The Hall–Kier alpha value is -4.90. The van der Waals surface area contributed by atoms with Crippen LogP contribution in [0.3, 0.4) is 0 Å². The fraction of sp³-hybridized carbons (Fsp3) is 0.275. The van der Waals surface area contributed by atoms with Crippen molar-refractivity contribution < 1.29 is 32.2 Å². The van der Waals surface area contributed by atoms with E-state index in [9.17, 15) is 27.5 Å². The van der Waals surface area contributed by atoms with Crippen LogP contribution in [0.15, 0.2) is 90.0 Å². The molecule has 11 heteroatoms. The second-order valence-electron chi connectivity index (χ2n) is 14.4. The molecule has 0 amide bonds. The fourth-order valence-corrected chi connectivity index (χ4v) is 6.79. The minimum atomic E-state index is -4.55. The van der Waals surface area contributed by atoms with E-state index in [1.54, 1.807) is 56.3 Å². The summed E-state index contributed by atoms with van der Waals surface area (Å²) in [5, 5.41) is 11.7. The van der Waals surface area contributed by atoms with E-state index in [-0.39, 0.29) is 24.5 Å². The summed E-state index contributed by atoms with van der Waals surface area (Å²) < 4.78 is 63.2. The highest BCUT2D eigenvalue weighted by Crippen LogP contribution is 2.44. The van der Waals surface area contributed by atoms with Crippen LogP contribution in [0.25, 0.3) is 33.1 Å². The first-order chi connectivity index (χ1) is 23.9. The molecule has 6 aromatic rings. The lowest BCUT2D eigenvalue weighted by molar-refractivity contribution is -0.147. The zero-order chi connectivity index (χ0) is 36.9. The monoisotopic (exact) mass is 715 g/mol. The average molecular weight is 716 g/mol. The van der Waals surface area contributed by atoms with Gasteiger partial charge >= 0.3 is 12.1 Å². The molecule has 3 heterocycles. The summed E-state index contributed by atoms with van der Waals surface area (Å²) in [4.78, 5) is 21.6. The summed E-state index contributed by atoms with van der Waals surface area (Å²) >= 11 is 4.99. The molecule has 3 aromatic carbocycles. The SMILES string of the molecule is CC(C)(Cc1c(C(C)(C)C)c2c(S)c(OCc3ccc4cc(F)ccc4n3)ccc2n1Cc1ccc(-c2ncccc2C(F)(F)F)cc1)C(=O)O. The molecule has 51 heavy (non-hydrogen) atoms. The second kappa shape index (κ2) is 13.3. The number of hydrogen-bond acceptors (Lipinski definition) is 5. The van der Waals surface area contributed by atoms with Crippen LogP contribution in [-0.2, 0) is 36.0 Å². The topological polar surface area (TPSA) is 77.2 Å². The normalized spacial score (nSPS) is 12.5. The summed E-state index contributed by atoms with van der Waals surface area (Å²) in [6.45, 7) is 10.0. The number of carboxylic acids is 1. The fourth-order valence-electron chi connectivity index (χ4n) is 6.43. The molecule has 0 radical (unpaired) electrons. The number of aromatic nitrogens is 3. The maximum atomic E-state index is 13.7. The van der Waals surface area contributed by atoms with Crippen LogP contribution in [0.1, 0.15) is 62.7 Å². The van der Waals surface area contributed by atoms with Gasteiger partial charge in [0.1, 0.15) is 18.2 Å². The Bertz CT molecular complexity index is 2270. The Morgan fingerprint density at radius 1 is 0.941 bits per heavy atom. The van der Waals surface area contributed by atoms with Gasteiger partial charge in [-0.25, -0.2) is 9.37 Å². The number of hydrogen-bond donors (Lipinski definition) is 2. The Kier molecular flexibility index (Phi) is 9.39. The first kappa shape index (κ1) is 35.9. The molecule has 0 aliphatic rings. The number of carbonyl (C=O) groups is 1. The molecule has 6 nitrogen and oxygen atoms in total. The molecule has 264 valence electrons. The van der Waals surface area contributed by atoms with Crippen molar-refractivity contribution in [3.05, 3.63) is 119 Å². The van der Waals surface area contributed by atoms with Crippen molar-refractivity contribution in [1.82, 2.24) is 14.5 Å². The zero-order valence-electron chi connectivity index (χ0n) is 28.8. The Balaban J connectivity index is 1.43. The maximum Gasteiger partial charge on any atom is 0.418 e. The van der Waals surface area contributed by atoms with Gasteiger partial charge in [-0.2, -0.15) is 13.2 Å². The number of aliphatic carboxylic acids is 1. The van der Waals surface area contributed by atoms with Gasteiger partial charge in [-0.15, -0.1) is 12.6 Å². The number of carboxylic acid groups (broad SMARTS) is 1. The van der Waals surface area contributed by atoms with Gasteiger partial charge in [0.2, 0.25) is 0 Å². The van der Waals surface area contributed by atoms with Crippen molar-refractivity contribution in [2.45, 2.75) is 70.7 Å². The molecule has 0 bridgehead atoms. The summed E-state index contributed by atoms with van der Waals surface area (Å²) in [5.74, 6) is -0.770. The highest BCUT2D eigenvalue weighted by atomic mass is 32.1. The van der Waals surface area contributed by atoms with E-state index in [2.05, 4.69) is 35.3 Å². The summed E-state index contributed by atoms with van der Waals surface area (Å²) in [7, 11) is 0. The van der Waals surface area contributed by atoms with Gasteiger partial charge in [0.05, 0.1) is 38.3 Å². The van der Waals surface area contributed by atoms with Gasteiger partial charge in [-0.1, -0.05) is 51.1 Å². The Morgan fingerprint density at radius 2 is 1.67 bits per heavy atom. The van der Waals surface area contributed by atoms with Gasteiger partial charge in [0, 0.05) is 41.2 Å². The Labute approximate surface area is 298 Å². The van der Waals surface area contributed by atoms with Gasteiger partial charge in [-0.3, -0.25) is 9.78 Å². The van der Waals surface area contributed by atoms with Crippen molar-refractivity contribution in [3.63, 3.8) is 0 Å². The maximum absolute atomic E-state index is 13.7. The smallest absolute Gasteiger partial charge is 0.418 e. The summed E-state index contributed by atoms with van der Waals surface area (Å²) in [5.41, 5.74) is 2.45. The largest absolute Gasteiger partial charge is 0.486 e. The van der Waals surface area contributed by atoms with E-state index in [4.69, 9.17) is 17.4 Å². The predicted octanol–water partition coefficient (Wildman–Crippen LogP) is 10.3. The van der Waals surface area contributed by atoms with Crippen LogP contribution in [0.5, 0.6) is 5.75 Å². The van der Waals surface area contributed by atoms with Crippen LogP contribution in [0.2, 0.25) is 0 Å². The number of fused-ring (bicyclic) bond motifs is 2. The van der Waals surface area contributed by atoms with E-state index in [1.165, 1.54) is 24.4 Å². The summed E-state index contributed by atoms with van der Waals surface area (Å²) in [6, 6.07) is 20.8. The van der Waals surface area contributed by atoms with Crippen LogP contribution in [0, 0.1) is 11.2 Å². The average Bonchev–Trinajstić information content (AvgIpc) is 3.37. The molecule has 0 unspecified atom stereocenters. The lowest BCUT2D eigenvalue weighted by Gasteiger charge is -2.26. The van der Waals surface area contributed by atoms with Crippen molar-refractivity contribution in [3.8, 4) is 17.0 Å². The van der Waals surface area contributed by atoms with Gasteiger partial charge in [0.25, 0.3) is 0 Å². The second-order valence-corrected chi connectivity index (χ2v) is 14.8. The number of alkyl halides is 3. The van der Waals surface area contributed by atoms with E-state index in [1.807, 2.05) is 12.1 Å². The minimum absolute atomic E-state index is 0.134. The first-order valence-corrected chi connectivity index (χ1v) is 16.8. The molecule has 0 fully saturated rings. The van der Waals surface area contributed by atoms with Gasteiger partial charge < -0.3 is 14.4 Å². The van der Waals surface area contributed by atoms with Crippen molar-refractivity contribution in [1.29, 1.82) is 0 Å². The highest BCUT2D eigenvalue weighted by Gasteiger charge is 2.36. The molecule has 0 saturated heterocycles. The van der Waals surface area contributed by atoms with Crippen molar-refractivity contribution in [2.75, 3.05) is 0 Å². The number of rotatable bonds is 9. The van der Waals surface area contributed by atoms with Crippen molar-refractivity contribution in [2.24, 2.45) is 5.41 Å². The van der Waals surface area contributed by atoms with Gasteiger partial charge in [0.15, 0.2) is 0 Å². The van der Waals surface area contributed by atoms with E-state index < -0.39 is 28.5 Å². The number of nitrogens with zero attached hydrogens (tertiary/aromatic N) is 3. The number of thiol groups is 1. The molecule has 3 aromatic heterocycles. The summed E-state index contributed by atoms with van der Waals surface area (Å²) in [6.07, 6.45) is -3.01. The molecule has 0 saturated carbocycles. The third-order valence-corrected chi connectivity index (χ3v) is 9.42. The molecule has 0 spiro atoms. The van der Waals surface area contributed by atoms with E-state index in [0.29, 0.717) is 39.4 Å². The van der Waals surface area contributed by atoms with Crippen LogP contribution in [0.4, 0.5) is 17.6 Å². The van der Waals surface area contributed by atoms with Crippen LogP contribution < -0.4 is 4.74 Å². The minimum Gasteiger partial charge on any atom is -0.486 e. The number of ether oxygens (including phenoxy) is 1. The highest BCUT2D eigenvalue weighted by molar-refractivity contribution is 7.80. The standard InChI is InChI=1S/C40H37F4N3O3S/c1-38(2,3)34-31(20-39(4,5)37(48)49)47(21-23-8-10-24(11-9-23)35-28(40(42,43)44)7-6-18-45-35)30-16-17-32(36(51)33(30)34)50-22-27-14-12-25-19-26(41)13-15-29(25)46-27/h6-19,51H,20-22H2,1-5H3,(H,48,49). The predicted molar refractivity (Wildman–Crippen MR) is 193 cm³/mol. The van der Waals surface area contributed by atoms with E-state index in [0.717, 1.165) is 33.8 Å². The molecule has 0 aliphatic heterocycles. The quantitative estimate of drug-likeness (QED) is 0.115. The molecule has 0 aliphatic carbocycles. The molecule has 6 rings (SSSR count). The van der Waals surface area contributed by atoms with Crippen molar-refractivity contribution >= 4 is 40.4 Å². The molecular formula is C40H37F4N3O3S. The number of pyridine rings is 2. The lowest BCUT2D eigenvalue weighted by atomic mass is 9.80. The van der Waals surface area contributed by atoms with Crippen LogP contribution >= 0.6 is 12.6 Å². The van der Waals surface area contributed by atoms with E-state index >= 15 is 0 Å².